The van der Waals surface area contributed by atoms with E-state index in [1.165, 1.54) is 20.3 Å². The van der Waals surface area contributed by atoms with Gasteiger partial charge in [-0.3, -0.25) is 19.2 Å². The molecule has 0 spiro atoms. The number of hydrogen-bond donors (Lipinski definition) is 0. The number of amides is 1. The molecule has 4 aromatic carbocycles. The van der Waals surface area contributed by atoms with Gasteiger partial charge in [-0.2, -0.15) is 0 Å². The van der Waals surface area contributed by atoms with Gasteiger partial charge in [0.1, 0.15) is 17.2 Å². The molecule has 5 rings (SSSR count). The molecule has 0 aliphatic heterocycles. The van der Waals surface area contributed by atoms with Crippen molar-refractivity contribution in [3.05, 3.63) is 124 Å². The summed E-state index contributed by atoms with van der Waals surface area (Å²) >= 11 is 5.93. The second kappa shape index (κ2) is 17.5. The quantitative estimate of drug-likeness (QED) is 0.0618. The molecule has 1 fully saturated rings. The molecule has 0 heterocycles. The number of halogens is 1. The van der Waals surface area contributed by atoms with Gasteiger partial charge in [-0.05, 0) is 136 Å². The molecule has 0 N–H and O–H groups in total. The molecular weight excluding hydrogens is 686 g/mol. The Morgan fingerprint density at radius 2 is 1.27 bits per heavy atom. The number of carbonyl (C=O) groups excluding carboxylic acids is 5. The first-order valence-electron chi connectivity index (χ1n) is 16.8. The normalized spacial score (nSPS) is 15.4. The van der Waals surface area contributed by atoms with E-state index in [-0.39, 0.29) is 17.4 Å². The summed E-state index contributed by atoms with van der Waals surface area (Å²) in [5.74, 6) is -1.46. The molecule has 1 amide bonds. The minimum Gasteiger partial charge on any atom is -0.497 e. The molecule has 52 heavy (non-hydrogen) atoms. The van der Waals surface area contributed by atoms with Gasteiger partial charge >= 0.3 is 17.9 Å². The molecule has 0 atom stereocenters. The number of ether oxygens (including phenoxy) is 4. The lowest BCUT2D eigenvalue weighted by Gasteiger charge is -2.26. The van der Waals surface area contributed by atoms with Crippen molar-refractivity contribution in [3.8, 4) is 17.2 Å². The maximum atomic E-state index is 13.3. The van der Waals surface area contributed by atoms with Crippen molar-refractivity contribution >= 4 is 53.0 Å². The number of ketones is 1. The van der Waals surface area contributed by atoms with Crippen LogP contribution in [0.2, 0.25) is 5.02 Å². The summed E-state index contributed by atoms with van der Waals surface area (Å²) in [7, 11) is 2.83. The monoisotopic (exact) mass is 723 g/mol. The molecule has 0 aromatic heterocycles. The van der Waals surface area contributed by atoms with Gasteiger partial charge in [-0.15, -0.1) is 0 Å². The third-order valence-electron chi connectivity index (χ3n) is 8.85. The molecule has 0 bridgehead atoms. The third kappa shape index (κ3) is 9.32. The minimum absolute atomic E-state index is 0.240. The number of carbonyl (C=O) groups is 5. The molecule has 1 aliphatic rings. The Morgan fingerprint density at radius 3 is 1.85 bits per heavy atom. The first-order valence-corrected chi connectivity index (χ1v) is 17.2. The molecule has 0 saturated heterocycles. The molecule has 1 aliphatic carbocycles. The van der Waals surface area contributed by atoms with Crippen LogP contribution < -0.4 is 19.1 Å². The van der Waals surface area contributed by atoms with E-state index in [0.717, 1.165) is 0 Å². The summed E-state index contributed by atoms with van der Waals surface area (Å²) in [5.41, 5.74) is 2.37. The second-order valence-electron chi connectivity index (χ2n) is 12.1. The number of rotatable bonds is 12. The summed E-state index contributed by atoms with van der Waals surface area (Å²) in [6.07, 6.45) is 4.74. The van der Waals surface area contributed by atoms with E-state index >= 15 is 0 Å². The fraction of sp³-hybridized carbons (Fsp3) is 0.244. The summed E-state index contributed by atoms with van der Waals surface area (Å²) < 4.78 is 21.5. The lowest BCUT2D eigenvalue weighted by molar-refractivity contribution is -0.145. The van der Waals surface area contributed by atoms with Crippen LogP contribution in [0.25, 0.3) is 6.08 Å². The van der Waals surface area contributed by atoms with Crippen LogP contribution in [0.15, 0.2) is 97.1 Å². The predicted octanol–water partition coefficient (Wildman–Crippen LogP) is 8.02. The van der Waals surface area contributed by atoms with Crippen molar-refractivity contribution in [3.63, 3.8) is 0 Å². The molecule has 10 nitrogen and oxygen atoms in total. The third-order valence-corrected chi connectivity index (χ3v) is 9.10. The van der Waals surface area contributed by atoms with Crippen molar-refractivity contribution in [2.45, 2.75) is 32.6 Å². The minimum atomic E-state index is -0.462. The predicted molar refractivity (Wildman–Crippen MR) is 196 cm³/mol. The lowest BCUT2D eigenvalue weighted by atomic mass is 9.82. The Labute approximate surface area is 306 Å². The maximum absolute atomic E-state index is 13.3. The Hall–Kier alpha value is -5.74. The highest BCUT2D eigenvalue weighted by Crippen LogP contribution is 2.33. The number of anilines is 1. The second-order valence-corrected chi connectivity index (χ2v) is 12.5. The largest absolute Gasteiger partial charge is 0.497 e. The van der Waals surface area contributed by atoms with Crippen molar-refractivity contribution in [1.82, 2.24) is 0 Å². The molecule has 11 heteroatoms. The van der Waals surface area contributed by atoms with Gasteiger partial charge in [-0.25, -0.2) is 4.79 Å². The van der Waals surface area contributed by atoms with Crippen LogP contribution in [-0.4, -0.2) is 50.4 Å². The average Bonchev–Trinajstić information content (AvgIpc) is 3.18. The van der Waals surface area contributed by atoms with Gasteiger partial charge in [-0.1, -0.05) is 11.6 Å². The highest BCUT2D eigenvalue weighted by Gasteiger charge is 2.32. The summed E-state index contributed by atoms with van der Waals surface area (Å²) in [6, 6.07) is 24.4. The number of allylic oxidation sites excluding steroid dienone is 1. The Kier molecular flexibility index (Phi) is 12.6. The smallest absolute Gasteiger partial charge is 0.337 e. The van der Waals surface area contributed by atoms with E-state index in [1.54, 1.807) is 102 Å². The van der Waals surface area contributed by atoms with E-state index in [1.807, 2.05) is 6.92 Å². The molecule has 0 radical (unpaired) electrons. The van der Waals surface area contributed by atoms with Crippen LogP contribution in [0.5, 0.6) is 17.2 Å². The zero-order valence-electron chi connectivity index (χ0n) is 29.0. The molecule has 4 aromatic rings. The Balaban J connectivity index is 1.14. The van der Waals surface area contributed by atoms with Crippen LogP contribution in [0, 0.1) is 11.8 Å². The Bertz CT molecular complexity index is 1950. The van der Waals surface area contributed by atoms with Gasteiger partial charge in [0.25, 0.3) is 5.91 Å². The van der Waals surface area contributed by atoms with Crippen molar-refractivity contribution in [2.24, 2.45) is 11.8 Å². The lowest BCUT2D eigenvalue weighted by Crippen LogP contribution is -2.31. The van der Waals surface area contributed by atoms with Crippen LogP contribution in [0.1, 0.15) is 69.2 Å². The van der Waals surface area contributed by atoms with E-state index in [0.29, 0.717) is 76.7 Å². The number of methoxy groups -OCH3 is 2. The van der Waals surface area contributed by atoms with Gasteiger partial charge in [0.15, 0.2) is 5.78 Å². The van der Waals surface area contributed by atoms with E-state index in [2.05, 4.69) is 0 Å². The highest BCUT2D eigenvalue weighted by molar-refractivity contribution is 6.30. The summed E-state index contributed by atoms with van der Waals surface area (Å²) in [4.78, 5) is 65.5. The highest BCUT2D eigenvalue weighted by atomic mass is 35.5. The topological polar surface area (TPSA) is 126 Å². The average molecular weight is 724 g/mol. The number of benzene rings is 4. The van der Waals surface area contributed by atoms with Crippen molar-refractivity contribution in [1.29, 1.82) is 0 Å². The fourth-order valence-corrected chi connectivity index (χ4v) is 5.99. The SMILES string of the molecule is CCN(C(=O)c1ccc(OC(=O)C2CCC(C(=O)Oc3ccc(OC)cc3/C=C/C(=O)c3ccc(Cl)cc3)CC2)cc1)c1ccc(C(=O)OC)cc1. The zero-order chi connectivity index (χ0) is 37.2. The number of esters is 3. The number of hydrogen-bond acceptors (Lipinski definition) is 9. The van der Waals surface area contributed by atoms with Gasteiger partial charge in [0.05, 0.1) is 31.6 Å². The fourth-order valence-electron chi connectivity index (χ4n) is 5.87. The van der Waals surface area contributed by atoms with Gasteiger partial charge in [0, 0.05) is 33.9 Å². The zero-order valence-corrected chi connectivity index (χ0v) is 29.8. The van der Waals surface area contributed by atoms with Crippen molar-refractivity contribution < 1.29 is 42.9 Å². The standard InChI is InChI=1S/C41H38ClNO9/c1-4-43(33-18-11-28(12-19-33)39(46)50-3)38(45)27-13-20-34(21-14-27)51-40(47)29-5-7-30(8-6-29)41(48)52-37-24-22-35(49-2)25-31(37)15-23-36(44)26-9-16-32(42)17-10-26/h9-25,29-30H,4-8H2,1-3H3/b23-15+. The molecule has 1 saturated carbocycles. The van der Waals surface area contributed by atoms with Gasteiger partial charge in [0.2, 0.25) is 0 Å². The van der Waals surface area contributed by atoms with E-state index in [9.17, 15) is 24.0 Å². The first kappa shape index (κ1) is 37.5. The van der Waals surface area contributed by atoms with E-state index < -0.39 is 29.7 Å². The van der Waals surface area contributed by atoms with Crippen LogP contribution in [-0.2, 0) is 14.3 Å². The molecular formula is C41H38ClNO9. The van der Waals surface area contributed by atoms with Gasteiger partial charge < -0.3 is 23.8 Å². The first-order chi connectivity index (χ1) is 25.1. The van der Waals surface area contributed by atoms with Crippen LogP contribution in [0.4, 0.5) is 5.69 Å². The van der Waals surface area contributed by atoms with Crippen LogP contribution >= 0.6 is 11.6 Å². The molecule has 0 unspecified atom stereocenters. The van der Waals surface area contributed by atoms with E-state index in [4.69, 9.17) is 30.5 Å². The maximum Gasteiger partial charge on any atom is 0.337 e. The summed E-state index contributed by atoms with van der Waals surface area (Å²) in [5, 5.41) is 0.525. The Morgan fingerprint density at radius 1 is 0.712 bits per heavy atom. The van der Waals surface area contributed by atoms with Crippen molar-refractivity contribution in [2.75, 3.05) is 25.7 Å². The summed E-state index contributed by atoms with van der Waals surface area (Å²) in [6.45, 7) is 2.24. The number of nitrogens with zero attached hydrogens (tertiary/aromatic N) is 1. The van der Waals surface area contributed by atoms with Crippen LogP contribution in [0.3, 0.4) is 0 Å². The molecule has 268 valence electrons.